The zero-order valence-electron chi connectivity index (χ0n) is 18.6. The molecule has 0 heterocycles. The normalized spacial score (nSPS) is 13.5. The molecule has 162 valence electrons. The van der Waals surface area contributed by atoms with Crippen LogP contribution in [0.25, 0.3) is 6.08 Å². The first kappa shape index (κ1) is 24.4. The Balaban J connectivity index is 1.89. The van der Waals surface area contributed by atoms with Gasteiger partial charge < -0.3 is 4.43 Å². The number of hydrogen-bond acceptors (Lipinski definition) is 1. The van der Waals surface area contributed by atoms with Crippen LogP contribution in [-0.2, 0) is 4.43 Å². The molecule has 3 rings (SSSR count). The van der Waals surface area contributed by atoms with Gasteiger partial charge in [-0.2, -0.15) is 0 Å². The van der Waals surface area contributed by atoms with E-state index in [9.17, 15) is 0 Å². The predicted molar refractivity (Wildman–Crippen MR) is 147 cm³/mol. The third kappa shape index (κ3) is 6.62. The van der Waals surface area contributed by atoms with E-state index in [1.54, 1.807) is 0 Å². The second-order valence-corrected chi connectivity index (χ2v) is 19.2. The van der Waals surface area contributed by atoms with Crippen molar-refractivity contribution < 1.29 is 4.43 Å². The van der Waals surface area contributed by atoms with E-state index in [0.29, 0.717) is 0 Å². The van der Waals surface area contributed by atoms with Crippen LogP contribution in [-0.4, -0.2) is 22.1 Å². The lowest BCUT2D eigenvalue weighted by atomic mass is 10.2. The topological polar surface area (TPSA) is 9.23 Å². The highest BCUT2D eigenvalue weighted by Gasteiger charge is 2.39. The van der Waals surface area contributed by atoms with Gasteiger partial charge in [-0.3, -0.25) is 0 Å². The minimum Gasteiger partial charge on any atom is -0.412 e. The molecule has 3 aromatic rings. The molecule has 0 amide bonds. The molecule has 1 atom stereocenters. The lowest BCUT2D eigenvalue weighted by Gasteiger charge is -2.38. The molecule has 0 N–H and O–H groups in total. The smallest absolute Gasteiger partial charge is 0.218 e. The van der Waals surface area contributed by atoms with Gasteiger partial charge in [-0.15, -0.1) is 0 Å². The minimum atomic E-state index is -2.05. The van der Waals surface area contributed by atoms with Crippen LogP contribution in [0.15, 0.2) is 93.9 Å². The fourth-order valence-corrected chi connectivity index (χ4v) is 11.3. The van der Waals surface area contributed by atoms with Crippen LogP contribution < -0.4 is 10.4 Å². The summed E-state index contributed by atoms with van der Waals surface area (Å²) in [4.78, 5) is 0. The Kier molecular flexibility index (Phi) is 8.33. The van der Waals surface area contributed by atoms with E-state index in [-0.39, 0.29) is 5.73 Å². The van der Waals surface area contributed by atoms with Crippen LogP contribution in [0.5, 0.6) is 0 Å². The van der Waals surface area contributed by atoms with Crippen LogP contribution in [0, 0.1) is 0 Å². The molecule has 5 heteroatoms. The van der Waals surface area contributed by atoms with Crippen molar-refractivity contribution in [3.8, 4) is 0 Å². The molecule has 0 saturated heterocycles. The van der Waals surface area contributed by atoms with Crippen LogP contribution >= 0.6 is 31.9 Å². The molecule has 0 radical (unpaired) electrons. The molecular weight excluding hydrogens is 544 g/mol. The van der Waals surface area contributed by atoms with Crippen LogP contribution in [0.1, 0.15) is 12.0 Å². The Morgan fingerprint density at radius 3 is 1.84 bits per heavy atom. The monoisotopic (exact) mass is 572 g/mol. The lowest BCUT2D eigenvalue weighted by Crippen LogP contribution is -2.59. The van der Waals surface area contributed by atoms with Gasteiger partial charge in [0.25, 0.3) is 0 Å². The third-order valence-electron chi connectivity index (χ3n) is 5.77. The quantitative estimate of drug-likeness (QED) is 0.257. The third-order valence-corrected chi connectivity index (χ3v) is 13.3. The molecular formula is C26H30Br2OSi2. The minimum absolute atomic E-state index is 0.198. The van der Waals surface area contributed by atoms with Crippen molar-refractivity contribution >= 4 is 64.7 Å². The maximum atomic E-state index is 7.06. The molecule has 31 heavy (non-hydrogen) atoms. The molecule has 0 aliphatic heterocycles. The highest BCUT2D eigenvalue weighted by Crippen LogP contribution is 2.24. The van der Waals surface area contributed by atoms with Gasteiger partial charge in [-0.1, -0.05) is 123 Å². The average molecular weight is 575 g/mol. The van der Waals surface area contributed by atoms with Gasteiger partial charge in [0, 0.05) is 14.7 Å². The number of halogens is 2. The zero-order chi connectivity index (χ0) is 22.5. The number of rotatable bonds is 8. The first-order valence-corrected chi connectivity index (χ1v) is 18.2. The van der Waals surface area contributed by atoms with Crippen molar-refractivity contribution in [1.29, 1.82) is 0 Å². The number of hydrogen-bond donors (Lipinski definition) is 0. The van der Waals surface area contributed by atoms with Crippen molar-refractivity contribution in [2.24, 2.45) is 0 Å². The maximum Gasteiger partial charge on any atom is 0.218 e. The molecule has 1 unspecified atom stereocenters. The largest absolute Gasteiger partial charge is 0.412 e. The van der Waals surface area contributed by atoms with Crippen LogP contribution in [0.4, 0.5) is 0 Å². The van der Waals surface area contributed by atoms with Crippen molar-refractivity contribution in [2.75, 3.05) is 0 Å². The fourth-order valence-electron chi connectivity index (χ4n) is 3.81. The van der Waals surface area contributed by atoms with Crippen molar-refractivity contribution in [3.63, 3.8) is 0 Å². The molecule has 0 aliphatic carbocycles. The summed E-state index contributed by atoms with van der Waals surface area (Å²) in [6.07, 6.45) is 5.39. The summed E-state index contributed by atoms with van der Waals surface area (Å²) < 4.78 is 9.21. The van der Waals surface area contributed by atoms with Crippen LogP contribution in [0.3, 0.4) is 0 Å². The van der Waals surface area contributed by atoms with E-state index in [0.717, 1.165) is 15.4 Å². The molecule has 0 fully saturated rings. The Hall–Kier alpha value is -1.25. The molecule has 1 nitrogen and oxygen atoms in total. The van der Waals surface area contributed by atoms with Gasteiger partial charge in [0.15, 0.2) is 0 Å². The van der Waals surface area contributed by atoms with Gasteiger partial charge in [-0.05, 0) is 48.5 Å². The van der Waals surface area contributed by atoms with Gasteiger partial charge >= 0.3 is 0 Å². The highest BCUT2D eigenvalue weighted by molar-refractivity contribution is 9.11. The Labute approximate surface area is 206 Å². The highest BCUT2D eigenvalue weighted by atomic mass is 79.9. The lowest BCUT2D eigenvalue weighted by molar-refractivity contribution is 0.271. The second kappa shape index (κ2) is 10.6. The number of benzene rings is 3. The average Bonchev–Trinajstić information content (AvgIpc) is 2.73. The summed E-state index contributed by atoms with van der Waals surface area (Å²) in [5.74, 6) is 0. The molecule has 0 saturated carbocycles. The zero-order valence-corrected chi connectivity index (χ0v) is 23.8. The van der Waals surface area contributed by atoms with E-state index < -0.39 is 16.4 Å². The Morgan fingerprint density at radius 1 is 0.774 bits per heavy atom. The first-order chi connectivity index (χ1) is 14.7. The summed E-state index contributed by atoms with van der Waals surface area (Å²) in [7, 11) is -3.92. The molecule has 0 bridgehead atoms. The molecule has 0 aliphatic rings. The van der Waals surface area contributed by atoms with E-state index in [2.05, 4.69) is 149 Å². The van der Waals surface area contributed by atoms with Crippen molar-refractivity contribution in [2.45, 2.75) is 38.3 Å². The van der Waals surface area contributed by atoms with Gasteiger partial charge in [0.2, 0.25) is 8.32 Å². The molecule has 0 aromatic heterocycles. The van der Waals surface area contributed by atoms with Crippen molar-refractivity contribution in [1.82, 2.24) is 0 Å². The van der Waals surface area contributed by atoms with E-state index in [1.807, 2.05) is 0 Å². The van der Waals surface area contributed by atoms with Crippen LogP contribution in [0.2, 0.25) is 26.2 Å². The Bertz CT molecular complexity index is 998. The summed E-state index contributed by atoms with van der Waals surface area (Å²) >= 11 is 7.17. The standard InChI is InChI=1S/C26H30Br2OSi2/c1-30(2,24-13-7-5-8-14-24)26(29-31(3,4)25-15-9-6-10-16-25)17-11-12-21-18-22(27)20-23(28)19-21/h5-16,18-20,26H,17H2,1-4H3/b12-11-. The van der Waals surface area contributed by atoms with Gasteiger partial charge in [-0.25, -0.2) is 0 Å². The van der Waals surface area contributed by atoms with E-state index in [4.69, 9.17) is 4.43 Å². The summed E-state index contributed by atoms with van der Waals surface area (Å²) in [6, 6.07) is 28.0. The van der Waals surface area contributed by atoms with E-state index >= 15 is 0 Å². The van der Waals surface area contributed by atoms with Crippen molar-refractivity contribution in [3.05, 3.63) is 99.4 Å². The fraction of sp³-hybridized carbons (Fsp3) is 0.231. The molecule has 3 aromatic carbocycles. The van der Waals surface area contributed by atoms with E-state index in [1.165, 1.54) is 15.9 Å². The van der Waals surface area contributed by atoms with Gasteiger partial charge in [0.05, 0.1) is 0 Å². The predicted octanol–water partition coefficient (Wildman–Crippen LogP) is 7.27. The summed E-state index contributed by atoms with van der Waals surface area (Å²) in [5, 5.41) is 2.79. The second-order valence-electron chi connectivity index (χ2n) is 8.91. The Morgan fingerprint density at radius 2 is 1.29 bits per heavy atom. The van der Waals surface area contributed by atoms with Gasteiger partial charge in [0.1, 0.15) is 8.07 Å². The summed E-state index contributed by atoms with van der Waals surface area (Å²) in [5.41, 5.74) is 1.38. The molecule has 0 spiro atoms. The summed E-state index contributed by atoms with van der Waals surface area (Å²) in [6.45, 7) is 9.51. The maximum absolute atomic E-state index is 7.06. The first-order valence-electron chi connectivity index (χ1n) is 10.6. The SMILES string of the molecule is C[Si](C)(OC(C/C=C\c1cc(Br)cc(Br)c1)[Si](C)(C)c1ccccc1)c1ccccc1.